The van der Waals surface area contributed by atoms with Gasteiger partial charge < -0.3 is 5.32 Å². The lowest BCUT2D eigenvalue weighted by Crippen LogP contribution is -2.21. The Labute approximate surface area is 126 Å². The van der Waals surface area contributed by atoms with Crippen molar-refractivity contribution in [1.82, 2.24) is 5.32 Å². The molecule has 0 amide bonds. The van der Waals surface area contributed by atoms with Crippen LogP contribution in [-0.2, 0) is 0 Å². The lowest BCUT2D eigenvalue weighted by molar-refractivity contribution is 0.498. The zero-order valence-corrected chi connectivity index (χ0v) is 13.9. The third-order valence-corrected chi connectivity index (χ3v) is 4.08. The van der Waals surface area contributed by atoms with E-state index in [1.54, 1.807) is 0 Å². The molecule has 17 heavy (non-hydrogen) atoms. The molecule has 3 heteroatoms. The normalized spacial score (nSPS) is 12.4. The van der Waals surface area contributed by atoms with Gasteiger partial charge in [0.15, 0.2) is 0 Å². The van der Waals surface area contributed by atoms with Gasteiger partial charge in [-0.1, -0.05) is 28.9 Å². The van der Waals surface area contributed by atoms with E-state index < -0.39 is 0 Å². The van der Waals surface area contributed by atoms with E-state index in [9.17, 15) is 0 Å². The summed E-state index contributed by atoms with van der Waals surface area (Å²) in [6.07, 6.45) is 5.41. The summed E-state index contributed by atoms with van der Waals surface area (Å²) >= 11 is 6.01. The van der Waals surface area contributed by atoms with Crippen LogP contribution < -0.4 is 5.32 Å². The second-order valence-corrected chi connectivity index (χ2v) is 6.10. The van der Waals surface area contributed by atoms with Gasteiger partial charge in [-0.05, 0) is 72.2 Å². The SMILES string of the molecule is C=CCCCC(NCC)c1cc(I)ccc1Br. The number of unbranched alkanes of at least 4 members (excludes halogenated alkanes) is 1. The third-order valence-electron chi connectivity index (χ3n) is 2.69. The van der Waals surface area contributed by atoms with E-state index in [1.807, 2.05) is 6.08 Å². The van der Waals surface area contributed by atoms with Crippen molar-refractivity contribution < 1.29 is 0 Å². The maximum absolute atomic E-state index is 3.78. The Morgan fingerprint density at radius 3 is 2.94 bits per heavy atom. The molecule has 0 fully saturated rings. The molecule has 0 aliphatic carbocycles. The number of benzene rings is 1. The molecule has 0 saturated heterocycles. The fourth-order valence-electron chi connectivity index (χ4n) is 1.86. The molecule has 0 radical (unpaired) electrons. The van der Waals surface area contributed by atoms with E-state index in [-0.39, 0.29) is 0 Å². The molecule has 1 N–H and O–H groups in total. The maximum Gasteiger partial charge on any atom is 0.0331 e. The highest BCUT2D eigenvalue weighted by Crippen LogP contribution is 2.28. The van der Waals surface area contributed by atoms with Crippen molar-refractivity contribution in [3.63, 3.8) is 0 Å². The van der Waals surface area contributed by atoms with Crippen LogP contribution in [0.3, 0.4) is 0 Å². The minimum Gasteiger partial charge on any atom is -0.310 e. The fraction of sp³-hybridized carbons (Fsp3) is 0.429. The lowest BCUT2D eigenvalue weighted by atomic mass is 10.0. The number of rotatable bonds is 7. The number of hydrogen-bond acceptors (Lipinski definition) is 1. The molecule has 1 aromatic carbocycles. The zero-order chi connectivity index (χ0) is 12.7. The van der Waals surface area contributed by atoms with Crippen molar-refractivity contribution in [2.75, 3.05) is 6.54 Å². The van der Waals surface area contributed by atoms with Crippen LogP contribution >= 0.6 is 38.5 Å². The Bertz CT molecular complexity index is 365. The molecule has 1 rings (SSSR count). The summed E-state index contributed by atoms with van der Waals surface area (Å²) in [4.78, 5) is 0. The van der Waals surface area contributed by atoms with Gasteiger partial charge in [0.25, 0.3) is 0 Å². The predicted octanol–water partition coefficient (Wildman–Crippen LogP) is 5.06. The van der Waals surface area contributed by atoms with Gasteiger partial charge in [0.1, 0.15) is 0 Å². The Balaban J connectivity index is 2.80. The van der Waals surface area contributed by atoms with Gasteiger partial charge in [-0.3, -0.25) is 0 Å². The molecule has 1 atom stereocenters. The van der Waals surface area contributed by atoms with Crippen LogP contribution in [0.15, 0.2) is 35.3 Å². The molecule has 0 heterocycles. The highest BCUT2D eigenvalue weighted by molar-refractivity contribution is 14.1. The second-order valence-electron chi connectivity index (χ2n) is 4.00. The number of halogens is 2. The van der Waals surface area contributed by atoms with E-state index in [2.05, 4.69) is 75.5 Å². The van der Waals surface area contributed by atoms with Gasteiger partial charge in [0.05, 0.1) is 0 Å². The number of hydrogen-bond donors (Lipinski definition) is 1. The first-order chi connectivity index (χ1) is 8.19. The van der Waals surface area contributed by atoms with Gasteiger partial charge >= 0.3 is 0 Å². The van der Waals surface area contributed by atoms with Gasteiger partial charge in [0.2, 0.25) is 0 Å². The highest BCUT2D eigenvalue weighted by atomic mass is 127. The molecule has 0 aromatic heterocycles. The van der Waals surface area contributed by atoms with Crippen LogP contribution in [0.25, 0.3) is 0 Å². The zero-order valence-electron chi connectivity index (χ0n) is 10.2. The maximum atomic E-state index is 3.78. The smallest absolute Gasteiger partial charge is 0.0331 e. The largest absolute Gasteiger partial charge is 0.310 e. The summed E-state index contributed by atoms with van der Waals surface area (Å²) in [7, 11) is 0. The highest BCUT2D eigenvalue weighted by Gasteiger charge is 2.13. The van der Waals surface area contributed by atoms with Gasteiger partial charge in [0, 0.05) is 14.1 Å². The van der Waals surface area contributed by atoms with E-state index >= 15 is 0 Å². The standard InChI is InChI=1S/C14H19BrIN/c1-3-5-6-7-14(17-4-2)12-10-11(16)8-9-13(12)15/h3,8-10,14,17H,1,4-7H2,2H3. The van der Waals surface area contributed by atoms with E-state index in [4.69, 9.17) is 0 Å². The minimum atomic E-state index is 0.434. The van der Waals surface area contributed by atoms with Crippen LogP contribution in [0.5, 0.6) is 0 Å². The second kappa shape index (κ2) is 8.27. The topological polar surface area (TPSA) is 12.0 Å². The molecular weight excluding hydrogens is 389 g/mol. The molecule has 1 unspecified atom stereocenters. The Kier molecular flexibility index (Phi) is 7.39. The molecular formula is C14H19BrIN. The van der Waals surface area contributed by atoms with Crippen molar-refractivity contribution in [1.29, 1.82) is 0 Å². The number of allylic oxidation sites excluding steroid dienone is 1. The average molecular weight is 408 g/mol. The quantitative estimate of drug-likeness (QED) is 0.378. The molecule has 0 bridgehead atoms. The minimum absolute atomic E-state index is 0.434. The molecule has 0 aliphatic rings. The summed E-state index contributed by atoms with van der Waals surface area (Å²) in [5.74, 6) is 0. The van der Waals surface area contributed by atoms with Crippen molar-refractivity contribution in [3.05, 3.63) is 44.5 Å². The summed E-state index contributed by atoms with van der Waals surface area (Å²) < 4.78 is 2.48. The Morgan fingerprint density at radius 2 is 2.29 bits per heavy atom. The van der Waals surface area contributed by atoms with Crippen molar-refractivity contribution in [2.45, 2.75) is 32.2 Å². The first-order valence-corrected chi connectivity index (χ1v) is 7.85. The average Bonchev–Trinajstić information content (AvgIpc) is 2.32. The van der Waals surface area contributed by atoms with Gasteiger partial charge in [-0.15, -0.1) is 6.58 Å². The molecule has 94 valence electrons. The predicted molar refractivity (Wildman–Crippen MR) is 87.3 cm³/mol. The third kappa shape index (κ3) is 5.10. The van der Waals surface area contributed by atoms with Crippen LogP contribution in [0.2, 0.25) is 0 Å². The molecule has 1 aromatic rings. The van der Waals surface area contributed by atoms with Gasteiger partial charge in [-0.2, -0.15) is 0 Å². The van der Waals surface area contributed by atoms with Gasteiger partial charge in [-0.25, -0.2) is 0 Å². The van der Waals surface area contributed by atoms with E-state index in [1.165, 1.54) is 20.0 Å². The first-order valence-electron chi connectivity index (χ1n) is 5.98. The summed E-state index contributed by atoms with van der Waals surface area (Å²) in [6, 6.07) is 6.95. The van der Waals surface area contributed by atoms with Crippen molar-refractivity contribution >= 4 is 38.5 Å². The molecule has 0 saturated carbocycles. The summed E-state index contributed by atoms with van der Waals surface area (Å²) in [6.45, 7) is 6.93. The van der Waals surface area contributed by atoms with Crippen molar-refractivity contribution in [3.8, 4) is 0 Å². The molecule has 1 nitrogen and oxygen atoms in total. The van der Waals surface area contributed by atoms with E-state index in [0.29, 0.717) is 6.04 Å². The van der Waals surface area contributed by atoms with Crippen LogP contribution in [0, 0.1) is 3.57 Å². The lowest BCUT2D eigenvalue weighted by Gasteiger charge is -2.20. The van der Waals surface area contributed by atoms with Crippen LogP contribution in [0.4, 0.5) is 0 Å². The van der Waals surface area contributed by atoms with E-state index in [0.717, 1.165) is 19.4 Å². The summed E-state index contributed by atoms with van der Waals surface area (Å²) in [5.41, 5.74) is 1.36. The Hall–Kier alpha value is 0.130. The first kappa shape index (κ1) is 15.2. The number of nitrogens with one attached hydrogen (secondary N) is 1. The van der Waals surface area contributed by atoms with Crippen LogP contribution in [0.1, 0.15) is 37.8 Å². The fourth-order valence-corrected chi connectivity index (χ4v) is 2.90. The Morgan fingerprint density at radius 1 is 1.53 bits per heavy atom. The molecule has 0 aliphatic heterocycles. The van der Waals surface area contributed by atoms with Crippen LogP contribution in [-0.4, -0.2) is 6.54 Å². The van der Waals surface area contributed by atoms with Crippen molar-refractivity contribution in [2.24, 2.45) is 0 Å². The monoisotopic (exact) mass is 407 g/mol. The summed E-state index contributed by atoms with van der Waals surface area (Å²) in [5, 5.41) is 3.56. The molecule has 0 spiro atoms.